The van der Waals surface area contributed by atoms with Crippen molar-refractivity contribution in [2.75, 3.05) is 13.1 Å². The standard InChI is InChI=1S/C18H23N3O2.2ClH/c1-13-18(14-6-3-2-4-7-14)23-17(20-13)10-9-16(22)21-15-8-5-11-19-12-15;;/h2-4,6-7,15,19H,5,8-12H2,1H3,(H,21,22);2*1H/t15-;;/m0../s1. The first kappa shape index (κ1) is 21.5. The normalized spacial score (nSPS) is 16.4. The molecular weight excluding hydrogens is 361 g/mol. The van der Waals surface area contributed by atoms with Crippen LogP contribution in [0.1, 0.15) is 30.8 Å². The van der Waals surface area contributed by atoms with Gasteiger partial charge in [0, 0.05) is 31.0 Å². The molecule has 138 valence electrons. The molecule has 2 N–H and O–H groups in total. The number of nitrogens with zero attached hydrogens (tertiary/aromatic N) is 1. The molecule has 1 amide bonds. The maximum absolute atomic E-state index is 12.0. The predicted molar refractivity (Wildman–Crippen MR) is 104 cm³/mol. The molecule has 1 fully saturated rings. The summed E-state index contributed by atoms with van der Waals surface area (Å²) in [7, 11) is 0. The van der Waals surface area contributed by atoms with Crippen LogP contribution in [-0.2, 0) is 11.2 Å². The Morgan fingerprint density at radius 2 is 2.08 bits per heavy atom. The van der Waals surface area contributed by atoms with Crippen LogP contribution >= 0.6 is 24.8 Å². The average molecular weight is 386 g/mol. The number of hydrogen-bond acceptors (Lipinski definition) is 4. The number of aryl methyl sites for hydroxylation is 2. The van der Waals surface area contributed by atoms with Gasteiger partial charge in [-0.3, -0.25) is 4.79 Å². The lowest BCUT2D eigenvalue weighted by atomic mass is 10.1. The number of benzene rings is 1. The molecule has 0 saturated carbocycles. The largest absolute Gasteiger partial charge is 0.440 e. The second kappa shape index (κ2) is 10.4. The molecule has 3 rings (SSSR count). The quantitative estimate of drug-likeness (QED) is 0.828. The molecule has 0 radical (unpaired) electrons. The molecule has 7 heteroatoms. The lowest BCUT2D eigenvalue weighted by Crippen LogP contribution is -2.45. The third kappa shape index (κ3) is 6.03. The molecule has 0 bridgehead atoms. The van der Waals surface area contributed by atoms with Crippen molar-refractivity contribution < 1.29 is 9.21 Å². The molecule has 0 spiro atoms. The molecule has 1 aliphatic rings. The predicted octanol–water partition coefficient (Wildman–Crippen LogP) is 3.29. The topological polar surface area (TPSA) is 67.2 Å². The first-order chi connectivity index (χ1) is 11.2. The fourth-order valence-corrected chi connectivity index (χ4v) is 2.91. The van der Waals surface area contributed by atoms with E-state index in [2.05, 4.69) is 15.6 Å². The van der Waals surface area contributed by atoms with E-state index in [0.29, 0.717) is 18.7 Å². The molecule has 0 unspecified atom stereocenters. The molecule has 1 saturated heterocycles. The van der Waals surface area contributed by atoms with Gasteiger partial charge >= 0.3 is 0 Å². The van der Waals surface area contributed by atoms with Crippen molar-refractivity contribution in [2.24, 2.45) is 0 Å². The van der Waals surface area contributed by atoms with Crippen LogP contribution in [0.4, 0.5) is 0 Å². The van der Waals surface area contributed by atoms with Gasteiger partial charge in [0.15, 0.2) is 11.7 Å². The van der Waals surface area contributed by atoms with Gasteiger partial charge in [-0.05, 0) is 26.3 Å². The van der Waals surface area contributed by atoms with E-state index >= 15 is 0 Å². The number of halogens is 2. The summed E-state index contributed by atoms with van der Waals surface area (Å²) in [6.45, 7) is 3.84. The summed E-state index contributed by atoms with van der Waals surface area (Å²) < 4.78 is 5.84. The van der Waals surface area contributed by atoms with E-state index in [0.717, 1.165) is 42.9 Å². The van der Waals surface area contributed by atoms with Crippen LogP contribution in [0.2, 0.25) is 0 Å². The minimum Gasteiger partial charge on any atom is -0.440 e. The van der Waals surface area contributed by atoms with Gasteiger partial charge < -0.3 is 15.1 Å². The van der Waals surface area contributed by atoms with Gasteiger partial charge in [0.1, 0.15) is 0 Å². The molecule has 1 aromatic carbocycles. The van der Waals surface area contributed by atoms with Gasteiger partial charge in [-0.1, -0.05) is 30.3 Å². The van der Waals surface area contributed by atoms with Crippen molar-refractivity contribution in [1.29, 1.82) is 0 Å². The van der Waals surface area contributed by atoms with Crippen molar-refractivity contribution >= 4 is 30.7 Å². The molecule has 1 atom stereocenters. The first-order valence-electron chi connectivity index (χ1n) is 8.24. The van der Waals surface area contributed by atoms with E-state index < -0.39 is 0 Å². The molecule has 25 heavy (non-hydrogen) atoms. The Bertz CT molecular complexity index is 656. The summed E-state index contributed by atoms with van der Waals surface area (Å²) in [5.74, 6) is 1.48. The maximum atomic E-state index is 12.0. The highest BCUT2D eigenvalue weighted by atomic mass is 35.5. The summed E-state index contributed by atoms with van der Waals surface area (Å²) in [4.78, 5) is 16.5. The monoisotopic (exact) mass is 385 g/mol. The van der Waals surface area contributed by atoms with E-state index in [1.54, 1.807) is 0 Å². The van der Waals surface area contributed by atoms with E-state index in [1.807, 2.05) is 37.3 Å². The fourth-order valence-electron chi connectivity index (χ4n) is 2.91. The minimum absolute atomic E-state index is 0. The molecule has 1 aliphatic heterocycles. The van der Waals surface area contributed by atoms with Crippen molar-refractivity contribution in [3.05, 3.63) is 41.9 Å². The Balaban J connectivity index is 0.00000156. The zero-order valence-corrected chi connectivity index (χ0v) is 15.9. The Morgan fingerprint density at radius 1 is 1.32 bits per heavy atom. The summed E-state index contributed by atoms with van der Waals surface area (Å²) >= 11 is 0. The molecule has 5 nitrogen and oxygen atoms in total. The van der Waals surface area contributed by atoms with Crippen molar-refractivity contribution in [3.8, 4) is 11.3 Å². The molecule has 0 aliphatic carbocycles. The van der Waals surface area contributed by atoms with Crippen molar-refractivity contribution in [2.45, 2.75) is 38.6 Å². The van der Waals surface area contributed by atoms with E-state index in [-0.39, 0.29) is 36.8 Å². The molecule has 2 aromatic rings. The van der Waals surface area contributed by atoms with Gasteiger partial charge in [0.25, 0.3) is 0 Å². The van der Waals surface area contributed by atoms with Gasteiger partial charge in [-0.25, -0.2) is 4.98 Å². The van der Waals surface area contributed by atoms with Gasteiger partial charge in [-0.15, -0.1) is 24.8 Å². The number of nitrogens with one attached hydrogen (secondary N) is 2. The summed E-state index contributed by atoms with van der Waals surface area (Å²) in [5, 5.41) is 6.37. The van der Waals surface area contributed by atoms with Gasteiger partial charge in [-0.2, -0.15) is 0 Å². The summed E-state index contributed by atoms with van der Waals surface area (Å²) in [6.07, 6.45) is 3.10. The Hall–Kier alpha value is -1.56. The van der Waals surface area contributed by atoms with Crippen molar-refractivity contribution in [1.82, 2.24) is 15.6 Å². The SMILES string of the molecule is Cc1nc(CCC(=O)N[C@H]2CCCNC2)oc1-c1ccccc1.Cl.Cl. The molecule has 2 heterocycles. The van der Waals surface area contributed by atoms with Crippen LogP contribution in [-0.4, -0.2) is 30.0 Å². The highest BCUT2D eigenvalue weighted by Crippen LogP contribution is 2.24. The van der Waals surface area contributed by atoms with Gasteiger partial charge in [0.05, 0.1) is 5.69 Å². The van der Waals surface area contributed by atoms with Gasteiger partial charge in [0.2, 0.25) is 5.91 Å². The highest BCUT2D eigenvalue weighted by Gasteiger charge is 2.16. The number of rotatable bonds is 5. The zero-order chi connectivity index (χ0) is 16.1. The van der Waals surface area contributed by atoms with E-state index in [1.165, 1.54) is 0 Å². The third-order valence-corrected chi connectivity index (χ3v) is 4.10. The summed E-state index contributed by atoms with van der Waals surface area (Å²) in [5.41, 5.74) is 1.88. The highest BCUT2D eigenvalue weighted by molar-refractivity contribution is 5.85. The second-order valence-corrected chi connectivity index (χ2v) is 6.00. The average Bonchev–Trinajstić information content (AvgIpc) is 2.96. The van der Waals surface area contributed by atoms with Crippen LogP contribution in [0, 0.1) is 6.92 Å². The summed E-state index contributed by atoms with van der Waals surface area (Å²) in [6, 6.07) is 10.2. The van der Waals surface area contributed by atoms with Crippen molar-refractivity contribution in [3.63, 3.8) is 0 Å². The zero-order valence-electron chi connectivity index (χ0n) is 14.3. The number of oxazole rings is 1. The lowest BCUT2D eigenvalue weighted by Gasteiger charge is -2.23. The van der Waals surface area contributed by atoms with Crippen LogP contribution in [0.25, 0.3) is 11.3 Å². The number of piperidine rings is 1. The Kier molecular flexibility index (Phi) is 8.97. The van der Waals surface area contributed by atoms with E-state index in [9.17, 15) is 4.79 Å². The first-order valence-corrected chi connectivity index (χ1v) is 8.24. The number of carbonyl (C=O) groups excluding carboxylic acids is 1. The Morgan fingerprint density at radius 3 is 2.76 bits per heavy atom. The molecule has 1 aromatic heterocycles. The third-order valence-electron chi connectivity index (χ3n) is 4.10. The second-order valence-electron chi connectivity index (χ2n) is 6.00. The Labute approximate surface area is 160 Å². The molecular formula is C18H25Cl2N3O2. The van der Waals surface area contributed by atoms with Crippen LogP contribution in [0.15, 0.2) is 34.7 Å². The fraction of sp³-hybridized carbons (Fsp3) is 0.444. The van der Waals surface area contributed by atoms with E-state index in [4.69, 9.17) is 4.42 Å². The maximum Gasteiger partial charge on any atom is 0.220 e. The van der Waals surface area contributed by atoms with Crippen LogP contribution in [0.3, 0.4) is 0 Å². The number of amides is 1. The lowest BCUT2D eigenvalue weighted by molar-refractivity contribution is -0.121. The number of hydrogen-bond donors (Lipinski definition) is 2. The minimum atomic E-state index is 0. The van der Waals surface area contributed by atoms with Crippen LogP contribution < -0.4 is 10.6 Å². The smallest absolute Gasteiger partial charge is 0.220 e. The number of aromatic nitrogens is 1. The number of carbonyl (C=O) groups is 1. The van der Waals surface area contributed by atoms with Crippen LogP contribution in [0.5, 0.6) is 0 Å².